The molecule has 0 saturated carbocycles. The van der Waals surface area contributed by atoms with Gasteiger partial charge in [-0.05, 0) is 26.3 Å². The van der Waals surface area contributed by atoms with Crippen molar-refractivity contribution in [2.75, 3.05) is 27.2 Å². The summed E-state index contributed by atoms with van der Waals surface area (Å²) in [5.74, 6) is 1.17. The van der Waals surface area contributed by atoms with Gasteiger partial charge in [0.25, 0.3) is 5.91 Å². The molecular formula is C17H26N6O3. The first-order valence-corrected chi connectivity index (χ1v) is 9.07. The van der Waals surface area contributed by atoms with E-state index in [1.54, 1.807) is 14.0 Å². The maximum atomic E-state index is 12.7. The Morgan fingerprint density at radius 2 is 2.12 bits per heavy atom. The predicted octanol–water partition coefficient (Wildman–Crippen LogP) is 0.799. The summed E-state index contributed by atoms with van der Waals surface area (Å²) in [6.45, 7) is 3.83. The standard InChI is InChI=1S/C17H26N6O3/c1-12-18-15(20-26-12)11-21(2)13-5-4-9-23(10-8-13)17(25)14-6-7-16(24)22(3)19-14/h13H,4-11H2,1-3H3/t13-/m1/s1. The van der Waals surface area contributed by atoms with Gasteiger partial charge in [-0.1, -0.05) is 5.16 Å². The van der Waals surface area contributed by atoms with Crippen molar-refractivity contribution >= 4 is 17.5 Å². The Balaban J connectivity index is 1.56. The van der Waals surface area contributed by atoms with E-state index in [2.05, 4.69) is 27.2 Å². The molecular weight excluding hydrogens is 336 g/mol. The monoisotopic (exact) mass is 362 g/mol. The third-order valence-corrected chi connectivity index (χ3v) is 5.02. The first kappa shape index (κ1) is 18.5. The molecule has 0 aliphatic carbocycles. The second kappa shape index (κ2) is 7.94. The Bertz CT molecular complexity index is 700. The minimum atomic E-state index is -0.0455. The van der Waals surface area contributed by atoms with Crippen molar-refractivity contribution in [3.05, 3.63) is 11.7 Å². The number of amides is 2. The highest BCUT2D eigenvalue weighted by atomic mass is 16.5. The van der Waals surface area contributed by atoms with Crippen molar-refractivity contribution in [1.29, 1.82) is 0 Å². The van der Waals surface area contributed by atoms with Gasteiger partial charge in [-0.15, -0.1) is 0 Å². The summed E-state index contributed by atoms with van der Waals surface area (Å²) < 4.78 is 5.03. The molecule has 0 aromatic carbocycles. The quantitative estimate of drug-likeness (QED) is 0.786. The maximum Gasteiger partial charge on any atom is 0.270 e. The van der Waals surface area contributed by atoms with Gasteiger partial charge >= 0.3 is 0 Å². The highest BCUT2D eigenvalue weighted by molar-refractivity contribution is 6.39. The van der Waals surface area contributed by atoms with E-state index in [-0.39, 0.29) is 11.8 Å². The van der Waals surface area contributed by atoms with Gasteiger partial charge in [0, 0.05) is 45.9 Å². The van der Waals surface area contributed by atoms with Crippen LogP contribution in [0.25, 0.3) is 0 Å². The van der Waals surface area contributed by atoms with Crippen molar-refractivity contribution in [1.82, 2.24) is 24.9 Å². The molecule has 1 saturated heterocycles. The molecule has 142 valence electrons. The van der Waals surface area contributed by atoms with Crippen molar-refractivity contribution in [3.8, 4) is 0 Å². The van der Waals surface area contributed by atoms with E-state index in [9.17, 15) is 9.59 Å². The number of nitrogens with zero attached hydrogens (tertiary/aromatic N) is 6. The summed E-state index contributed by atoms with van der Waals surface area (Å²) in [6, 6.07) is 0.365. The molecule has 0 spiro atoms. The summed E-state index contributed by atoms with van der Waals surface area (Å²) in [7, 11) is 3.65. The summed E-state index contributed by atoms with van der Waals surface area (Å²) in [6.07, 6.45) is 3.63. The van der Waals surface area contributed by atoms with Crippen molar-refractivity contribution in [2.45, 2.75) is 51.6 Å². The van der Waals surface area contributed by atoms with Crippen LogP contribution in [-0.2, 0) is 16.1 Å². The molecule has 26 heavy (non-hydrogen) atoms. The van der Waals surface area contributed by atoms with E-state index in [1.165, 1.54) is 5.01 Å². The summed E-state index contributed by atoms with van der Waals surface area (Å²) in [4.78, 5) is 32.6. The fourth-order valence-corrected chi connectivity index (χ4v) is 3.49. The van der Waals surface area contributed by atoms with Crippen LogP contribution in [0, 0.1) is 6.92 Å². The molecule has 1 aromatic rings. The topological polar surface area (TPSA) is 95.1 Å². The third kappa shape index (κ3) is 4.27. The number of carbonyl (C=O) groups is 2. The molecule has 2 aliphatic heterocycles. The van der Waals surface area contributed by atoms with Crippen LogP contribution in [0.1, 0.15) is 43.8 Å². The zero-order valence-electron chi connectivity index (χ0n) is 15.6. The Hall–Kier alpha value is -2.29. The number of hydrazone groups is 1. The highest BCUT2D eigenvalue weighted by Crippen LogP contribution is 2.19. The van der Waals surface area contributed by atoms with E-state index >= 15 is 0 Å². The Morgan fingerprint density at radius 1 is 1.31 bits per heavy atom. The van der Waals surface area contributed by atoms with Crippen molar-refractivity contribution < 1.29 is 14.1 Å². The number of aryl methyl sites for hydroxylation is 1. The number of likely N-dealkylation sites (tertiary alicyclic amines) is 1. The van der Waals surface area contributed by atoms with Gasteiger partial charge in [-0.2, -0.15) is 10.1 Å². The number of aromatic nitrogens is 2. The lowest BCUT2D eigenvalue weighted by Crippen LogP contribution is -2.41. The van der Waals surface area contributed by atoms with Gasteiger partial charge < -0.3 is 9.42 Å². The van der Waals surface area contributed by atoms with Gasteiger partial charge in [0.05, 0.1) is 6.54 Å². The van der Waals surface area contributed by atoms with Gasteiger partial charge in [-0.25, -0.2) is 5.01 Å². The smallest absolute Gasteiger partial charge is 0.270 e. The van der Waals surface area contributed by atoms with Crippen molar-refractivity contribution in [2.24, 2.45) is 5.10 Å². The molecule has 1 atom stereocenters. The zero-order valence-corrected chi connectivity index (χ0v) is 15.6. The Kier molecular flexibility index (Phi) is 5.65. The predicted molar refractivity (Wildman–Crippen MR) is 94.2 cm³/mol. The molecule has 1 fully saturated rings. The van der Waals surface area contributed by atoms with Crippen LogP contribution in [0.5, 0.6) is 0 Å². The minimum Gasteiger partial charge on any atom is -0.340 e. The molecule has 9 heteroatoms. The molecule has 1 aromatic heterocycles. The van der Waals surface area contributed by atoms with E-state index < -0.39 is 0 Å². The Morgan fingerprint density at radius 3 is 2.81 bits per heavy atom. The molecule has 0 bridgehead atoms. The van der Waals surface area contributed by atoms with E-state index in [1.807, 2.05) is 4.90 Å². The third-order valence-electron chi connectivity index (χ3n) is 5.02. The molecule has 0 radical (unpaired) electrons. The summed E-state index contributed by atoms with van der Waals surface area (Å²) in [5.41, 5.74) is 0.487. The summed E-state index contributed by atoms with van der Waals surface area (Å²) in [5, 5.41) is 9.38. The van der Waals surface area contributed by atoms with Crippen LogP contribution in [-0.4, -0.2) is 75.7 Å². The lowest BCUT2D eigenvalue weighted by atomic mass is 10.1. The minimum absolute atomic E-state index is 0.0403. The van der Waals surface area contributed by atoms with Gasteiger partial charge in [0.2, 0.25) is 11.8 Å². The molecule has 3 heterocycles. The number of hydrogen-bond acceptors (Lipinski definition) is 7. The molecule has 9 nitrogen and oxygen atoms in total. The average molecular weight is 362 g/mol. The van der Waals surface area contributed by atoms with Gasteiger partial charge in [0.15, 0.2) is 5.82 Å². The van der Waals surface area contributed by atoms with Gasteiger partial charge in [0.1, 0.15) is 5.71 Å². The van der Waals surface area contributed by atoms with Crippen LogP contribution in [0.2, 0.25) is 0 Å². The van der Waals surface area contributed by atoms with Crippen molar-refractivity contribution in [3.63, 3.8) is 0 Å². The molecule has 0 unspecified atom stereocenters. The second-order valence-electron chi connectivity index (χ2n) is 6.99. The number of hydrogen-bond donors (Lipinski definition) is 0. The second-order valence-corrected chi connectivity index (χ2v) is 6.99. The molecule has 2 aliphatic rings. The van der Waals surface area contributed by atoms with Crippen LogP contribution in [0.3, 0.4) is 0 Å². The van der Waals surface area contributed by atoms with Crippen LogP contribution in [0.15, 0.2) is 9.62 Å². The van der Waals surface area contributed by atoms with E-state index in [4.69, 9.17) is 4.52 Å². The maximum absolute atomic E-state index is 12.7. The number of rotatable bonds is 4. The Labute approximate surface area is 153 Å². The fourth-order valence-electron chi connectivity index (χ4n) is 3.49. The fraction of sp³-hybridized carbons (Fsp3) is 0.706. The average Bonchev–Trinajstić information content (AvgIpc) is 2.87. The number of carbonyl (C=O) groups excluding carboxylic acids is 2. The first-order chi connectivity index (χ1) is 12.4. The zero-order chi connectivity index (χ0) is 18.7. The van der Waals surface area contributed by atoms with Gasteiger partial charge in [-0.3, -0.25) is 14.5 Å². The molecule has 0 N–H and O–H groups in total. The van der Waals surface area contributed by atoms with Crippen LogP contribution < -0.4 is 0 Å². The van der Waals surface area contributed by atoms with Crippen LogP contribution in [0.4, 0.5) is 0 Å². The molecule has 2 amide bonds. The summed E-state index contributed by atoms with van der Waals surface area (Å²) >= 11 is 0. The molecule has 3 rings (SSSR count). The SMILES string of the molecule is Cc1nc(CN(C)[C@@H]2CCCN(C(=O)C3=NN(C)C(=O)CC3)CC2)no1. The van der Waals surface area contributed by atoms with E-state index in [0.717, 1.165) is 25.8 Å². The first-order valence-electron chi connectivity index (χ1n) is 9.07. The largest absolute Gasteiger partial charge is 0.340 e. The van der Waals surface area contributed by atoms with Crippen LogP contribution >= 0.6 is 0 Å². The normalized spacial score (nSPS) is 21.8. The van der Waals surface area contributed by atoms with E-state index in [0.29, 0.717) is 49.4 Å². The highest BCUT2D eigenvalue weighted by Gasteiger charge is 2.28. The lowest BCUT2D eigenvalue weighted by molar-refractivity contribution is -0.130. The lowest BCUT2D eigenvalue weighted by Gasteiger charge is -2.27.